The van der Waals surface area contributed by atoms with E-state index in [1.165, 1.54) is 21.9 Å². The van der Waals surface area contributed by atoms with E-state index >= 15 is 0 Å². The van der Waals surface area contributed by atoms with Gasteiger partial charge < -0.3 is 10.2 Å². The lowest BCUT2D eigenvalue weighted by molar-refractivity contribution is -0.144. The summed E-state index contributed by atoms with van der Waals surface area (Å²) < 4.78 is 13.4. The van der Waals surface area contributed by atoms with Gasteiger partial charge in [0.2, 0.25) is 23.6 Å². The van der Waals surface area contributed by atoms with Gasteiger partial charge in [-0.1, -0.05) is 44.1 Å². The summed E-state index contributed by atoms with van der Waals surface area (Å²) >= 11 is 0. The summed E-state index contributed by atoms with van der Waals surface area (Å²) in [4.78, 5) is 54.9. The van der Waals surface area contributed by atoms with Gasteiger partial charge in [0.1, 0.15) is 11.9 Å². The number of amides is 4. The third kappa shape index (κ3) is 5.63. The normalized spacial score (nSPS) is 22.9. The molecule has 4 amide bonds. The third-order valence-corrected chi connectivity index (χ3v) is 7.50. The van der Waals surface area contributed by atoms with Crippen LogP contribution in [0.3, 0.4) is 0 Å². The fourth-order valence-electron chi connectivity index (χ4n) is 5.51. The predicted molar refractivity (Wildman–Crippen MR) is 128 cm³/mol. The number of halogens is 1. The number of rotatable bonds is 9. The number of carbonyl (C=O) groups is 4. The average molecular weight is 484 g/mol. The highest BCUT2D eigenvalue weighted by atomic mass is 19.1. The first-order chi connectivity index (χ1) is 16.9. The van der Waals surface area contributed by atoms with Crippen LogP contribution in [0.4, 0.5) is 4.39 Å². The van der Waals surface area contributed by atoms with Crippen LogP contribution in [0.25, 0.3) is 0 Å². The smallest absolute Gasteiger partial charge is 0.243 e. The summed E-state index contributed by atoms with van der Waals surface area (Å²) in [6.07, 6.45) is 9.35. The number of hydrogen-bond donors (Lipinski definition) is 1. The fourth-order valence-corrected chi connectivity index (χ4v) is 5.51. The highest BCUT2D eigenvalue weighted by molar-refractivity contribution is 6.05. The molecule has 188 valence electrons. The molecule has 1 N–H and O–H groups in total. The molecule has 7 nitrogen and oxygen atoms in total. The number of carbonyl (C=O) groups excluding carboxylic acids is 4. The summed E-state index contributed by atoms with van der Waals surface area (Å²) in [7, 11) is 0. The second-order valence-corrected chi connectivity index (χ2v) is 9.80. The summed E-state index contributed by atoms with van der Waals surface area (Å²) in [6, 6.07) is 5.29. The number of nitrogens with zero attached hydrogens (tertiary/aromatic N) is 2. The van der Waals surface area contributed by atoms with Crippen LogP contribution in [-0.4, -0.2) is 52.1 Å². The van der Waals surface area contributed by atoms with Gasteiger partial charge in [-0.3, -0.25) is 24.1 Å². The Morgan fingerprint density at radius 2 is 1.66 bits per heavy atom. The standard InChI is InChI=1S/C27H34FN3O4/c1-2-23(25(33)29-20-7-3-4-8-20)31(17-18-11-13-19(28)14-12-18)24(32)15-16-30-26(34)21-9-5-6-10-22(21)27(30)35/h5-6,11-14,20-23H,2-4,7-10,15-17H2,1H3,(H,29,33)/t21-,22+,23-/m1/s1. The van der Waals surface area contributed by atoms with E-state index in [-0.39, 0.29) is 66.8 Å². The second-order valence-electron chi connectivity index (χ2n) is 9.80. The zero-order valence-corrected chi connectivity index (χ0v) is 20.2. The monoisotopic (exact) mass is 483 g/mol. The molecule has 3 aliphatic rings. The highest BCUT2D eigenvalue weighted by Crippen LogP contribution is 2.35. The molecule has 0 bridgehead atoms. The first-order valence-corrected chi connectivity index (χ1v) is 12.7. The first-order valence-electron chi connectivity index (χ1n) is 12.7. The minimum Gasteiger partial charge on any atom is -0.352 e. The van der Waals surface area contributed by atoms with Crippen LogP contribution in [0.5, 0.6) is 0 Å². The molecule has 1 aromatic carbocycles. The molecule has 0 radical (unpaired) electrons. The molecule has 2 fully saturated rings. The number of hydrogen-bond acceptors (Lipinski definition) is 4. The Labute approximate surface area is 205 Å². The van der Waals surface area contributed by atoms with Crippen LogP contribution in [0.15, 0.2) is 36.4 Å². The molecule has 35 heavy (non-hydrogen) atoms. The molecular weight excluding hydrogens is 449 g/mol. The predicted octanol–water partition coefficient (Wildman–Crippen LogP) is 3.33. The van der Waals surface area contributed by atoms with Crippen molar-refractivity contribution in [2.24, 2.45) is 11.8 Å². The van der Waals surface area contributed by atoms with Crippen LogP contribution in [0, 0.1) is 17.7 Å². The van der Waals surface area contributed by atoms with Gasteiger partial charge in [0, 0.05) is 25.6 Å². The van der Waals surface area contributed by atoms with Crippen molar-refractivity contribution >= 4 is 23.6 Å². The maximum absolute atomic E-state index is 13.5. The molecule has 3 atom stereocenters. The highest BCUT2D eigenvalue weighted by Gasteiger charge is 2.47. The molecule has 2 aliphatic carbocycles. The zero-order valence-electron chi connectivity index (χ0n) is 20.2. The molecule has 1 saturated carbocycles. The van der Waals surface area contributed by atoms with E-state index in [1.54, 1.807) is 12.1 Å². The Hall–Kier alpha value is -3.03. The van der Waals surface area contributed by atoms with Gasteiger partial charge in [-0.05, 0) is 49.8 Å². The lowest BCUT2D eigenvalue weighted by Gasteiger charge is -2.32. The largest absolute Gasteiger partial charge is 0.352 e. The molecule has 4 rings (SSSR count). The van der Waals surface area contributed by atoms with Gasteiger partial charge in [0.05, 0.1) is 11.8 Å². The zero-order chi connectivity index (χ0) is 24.9. The molecule has 1 aliphatic heterocycles. The second kappa shape index (κ2) is 11.1. The molecule has 1 aromatic rings. The van der Waals surface area contributed by atoms with Crippen molar-refractivity contribution in [3.8, 4) is 0 Å². The molecule has 0 unspecified atom stereocenters. The molecular formula is C27H34FN3O4. The quantitative estimate of drug-likeness (QED) is 0.431. The molecule has 1 heterocycles. The van der Waals surface area contributed by atoms with Crippen LogP contribution >= 0.6 is 0 Å². The number of benzene rings is 1. The number of fused-ring (bicyclic) bond motifs is 1. The van der Waals surface area contributed by atoms with Crippen molar-refractivity contribution in [1.82, 2.24) is 15.1 Å². The summed E-state index contributed by atoms with van der Waals surface area (Å²) in [5.74, 6) is -1.98. The summed E-state index contributed by atoms with van der Waals surface area (Å²) in [5, 5.41) is 3.09. The van der Waals surface area contributed by atoms with Gasteiger partial charge in [0.25, 0.3) is 0 Å². The van der Waals surface area contributed by atoms with Crippen molar-refractivity contribution in [1.29, 1.82) is 0 Å². The number of nitrogens with one attached hydrogen (secondary N) is 1. The van der Waals surface area contributed by atoms with Crippen LogP contribution in [-0.2, 0) is 25.7 Å². The number of likely N-dealkylation sites (tertiary alicyclic amines) is 1. The Balaban J connectivity index is 1.47. The molecule has 0 aromatic heterocycles. The maximum Gasteiger partial charge on any atom is 0.243 e. The average Bonchev–Trinajstić information content (AvgIpc) is 3.45. The number of allylic oxidation sites excluding steroid dienone is 2. The van der Waals surface area contributed by atoms with Crippen LogP contribution < -0.4 is 5.32 Å². The van der Waals surface area contributed by atoms with E-state index < -0.39 is 6.04 Å². The van der Waals surface area contributed by atoms with Crippen molar-refractivity contribution < 1.29 is 23.6 Å². The van der Waals surface area contributed by atoms with Gasteiger partial charge in [-0.25, -0.2) is 4.39 Å². The minimum atomic E-state index is -0.690. The summed E-state index contributed by atoms with van der Waals surface area (Å²) in [6.45, 7) is 2.01. The van der Waals surface area contributed by atoms with E-state index in [4.69, 9.17) is 0 Å². The Morgan fingerprint density at radius 1 is 1.06 bits per heavy atom. The third-order valence-electron chi connectivity index (χ3n) is 7.50. The van der Waals surface area contributed by atoms with Gasteiger partial charge in [-0.2, -0.15) is 0 Å². The van der Waals surface area contributed by atoms with E-state index in [2.05, 4.69) is 5.32 Å². The van der Waals surface area contributed by atoms with Gasteiger partial charge in [0.15, 0.2) is 0 Å². The van der Waals surface area contributed by atoms with Crippen LogP contribution in [0.2, 0.25) is 0 Å². The van der Waals surface area contributed by atoms with Gasteiger partial charge >= 0.3 is 0 Å². The van der Waals surface area contributed by atoms with Crippen molar-refractivity contribution in [2.75, 3.05) is 6.54 Å². The maximum atomic E-state index is 13.5. The first kappa shape index (κ1) is 25.1. The van der Waals surface area contributed by atoms with E-state index in [1.807, 2.05) is 19.1 Å². The van der Waals surface area contributed by atoms with E-state index in [0.29, 0.717) is 24.8 Å². The lowest BCUT2D eigenvalue weighted by atomic mass is 9.85. The number of imide groups is 1. The lowest BCUT2D eigenvalue weighted by Crippen LogP contribution is -2.51. The SMILES string of the molecule is CC[C@H](C(=O)NC1CCCC1)N(Cc1ccc(F)cc1)C(=O)CCN1C(=O)[C@H]2CC=CC[C@H]2C1=O. The minimum absolute atomic E-state index is 0.00406. The van der Waals surface area contributed by atoms with Crippen molar-refractivity contribution in [2.45, 2.75) is 76.9 Å². The van der Waals surface area contributed by atoms with Crippen LogP contribution in [0.1, 0.15) is 63.9 Å². The molecule has 8 heteroatoms. The van der Waals surface area contributed by atoms with Gasteiger partial charge in [-0.15, -0.1) is 0 Å². The Morgan fingerprint density at radius 3 is 2.23 bits per heavy atom. The Kier molecular flexibility index (Phi) is 7.98. The van der Waals surface area contributed by atoms with E-state index in [0.717, 1.165) is 25.7 Å². The topological polar surface area (TPSA) is 86.8 Å². The van der Waals surface area contributed by atoms with Crippen molar-refractivity contribution in [3.63, 3.8) is 0 Å². The Bertz CT molecular complexity index is 961. The molecule has 1 saturated heterocycles. The fraction of sp³-hybridized carbons (Fsp3) is 0.556. The van der Waals surface area contributed by atoms with E-state index in [9.17, 15) is 23.6 Å². The molecule has 0 spiro atoms. The summed E-state index contributed by atoms with van der Waals surface area (Å²) in [5.41, 5.74) is 0.706. The van der Waals surface area contributed by atoms with Crippen molar-refractivity contribution in [3.05, 3.63) is 47.8 Å².